The maximum Gasteiger partial charge on any atom is 0.0320 e. The van der Waals surface area contributed by atoms with Crippen LogP contribution in [0, 0.1) is 9.49 Å². The van der Waals surface area contributed by atoms with Gasteiger partial charge in [0, 0.05) is 9.61 Å². The van der Waals surface area contributed by atoms with Crippen LogP contribution in [0.1, 0.15) is 38.3 Å². The summed E-state index contributed by atoms with van der Waals surface area (Å²) < 4.78 is 1.31. The van der Waals surface area contributed by atoms with Crippen molar-refractivity contribution in [1.29, 1.82) is 0 Å². The standard InChI is InChI=1S/C13H20IN/c1-4-10(2)8-13(15-3)11-6-5-7-12(14)9-11/h5-7,9-10,13,15H,4,8H2,1-3H3. The topological polar surface area (TPSA) is 12.0 Å². The van der Waals surface area contributed by atoms with Crippen LogP contribution in [-0.2, 0) is 0 Å². The maximum atomic E-state index is 3.41. The van der Waals surface area contributed by atoms with E-state index in [0.29, 0.717) is 6.04 Å². The molecule has 0 heterocycles. The predicted octanol–water partition coefficient (Wildman–Crippen LogP) is 3.99. The fourth-order valence-corrected chi connectivity index (χ4v) is 2.28. The number of halogens is 1. The fraction of sp³-hybridized carbons (Fsp3) is 0.538. The summed E-state index contributed by atoms with van der Waals surface area (Å²) in [6, 6.07) is 9.25. The largest absolute Gasteiger partial charge is 0.313 e. The van der Waals surface area contributed by atoms with Crippen LogP contribution in [0.2, 0.25) is 0 Å². The van der Waals surface area contributed by atoms with Gasteiger partial charge in [-0.3, -0.25) is 0 Å². The van der Waals surface area contributed by atoms with Crippen LogP contribution in [-0.4, -0.2) is 7.05 Å². The van der Waals surface area contributed by atoms with Crippen LogP contribution in [0.3, 0.4) is 0 Å². The Bertz CT molecular complexity index is 298. The quantitative estimate of drug-likeness (QED) is 0.810. The predicted molar refractivity (Wildman–Crippen MR) is 75.0 cm³/mol. The van der Waals surface area contributed by atoms with Crippen LogP contribution in [0.4, 0.5) is 0 Å². The lowest BCUT2D eigenvalue weighted by Crippen LogP contribution is -2.18. The summed E-state index contributed by atoms with van der Waals surface area (Å²) in [6.45, 7) is 4.57. The van der Waals surface area contributed by atoms with Gasteiger partial charge in [-0.05, 0) is 59.7 Å². The van der Waals surface area contributed by atoms with Crippen molar-refractivity contribution in [3.63, 3.8) is 0 Å². The first-order chi connectivity index (χ1) is 7.17. The summed E-state index contributed by atoms with van der Waals surface area (Å²) in [7, 11) is 2.05. The molecule has 1 aromatic carbocycles. The molecule has 2 heteroatoms. The molecule has 0 spiro atoms. The molecule has 2 unspecified atom stereocenters. The average Bonchev–Trinajstić information content (AvgIpc) is 2.25. The van der Waals surface area contributed by atoms with Crippen molar-refractivity contribution < 1.29 is 0 Å². The van der Waals surface area contributed by atoms with Crippen molar-refractivity contribution >= 4 is 22.6 Å². The van der Waals surface area contributed by atoms with E-state index in [2.05, 4.69) is 66.0 Å². The molecular weight excluding hydrogens is 297 g/mol. The number of hydrogen-bond acceptors (Lipinski definition) is 1. The summed E-state index contributed by atoms with van der Waals surface area (Å²) in [5.74, 6) is 0.778. The Morgan fingerprint density at radius 3 is 2.67 bits per heavy atom. The maximum absolute atomic E-state index is 3.41. The Kier molecular flexibility index (Phi) is 5.61. The highest BCUT2D eigenvalue weighted by molar-refractivity contribution is 14.1. The fourth-order valence-electron chi connectivity index (χ4n) is 1.71. The lowest BCUT2D eigenvalue weighted by molar-refractivity contribution is 0.422. The van der Waals surface area contributed by atoms with E-state index < -0.39 is 0 Å². The summed E-state index contributed by atoms with van der Waals surface area (Å²) in [5, 5.41) is 3.41. The number of rotatable bonds is 5. The molecule has 1 nitrogen and oxygen atoms in total. The number of hydrogen-bond donors (Lipinski definition) is 1. The van der Waals surface area contributed by atoms with E-state index in [1.807, 2.05) is 7.05 Å². The van der Waals surface area contributed by atoms with Crippen molar-refractivity contribution in [2.24, 2.45) is 5.92 Å². The van der Waals surface area contributed by atoms with Gasteiger partial charge in [-0.2, -0.15) is 0 Å². The molecular formula is C13H20IN. The molecule has 0 saturated heterocycles. The van der Waals surface area contributed by atoms with Crippen LogP contribution in [0.25, 0.3) is 0 Å². The Labute approximate surface area is 107 Å². The summed E-state index contributed by atoms with van der Waals surface area (Å²) in [5.41, 5.74) is 1.41. The van der Waals surface area contributed by atoms with E-state index >= 15 is 0 Å². The van der Waals surface area contributed by atoms with E-state index in [-0.39, 0.29) is 0 Å². The number of nitrogens with one attached hydrogen (secondary N) is 1. The second-order valence-electron chi connectivity index (χ2n) is 4.15. The smallest absolute Gasteiger partial charge is 0.0320 e. The van der Waals surface area contributed by atoms with E-state index in [0.717, 1.165) is 5.92 Å². The van der Waals surface area contributed by atoms with Gasteiger partial charge in [0.15, 0.2) is 0 Å². The Balaban J connectivity index is 2.73. The molecule has 0 amide bonds. The molecule has 2 atom stereocenters. The minimum absolute atomic E-state index is 0.495. The van der Waals surface area contributed by atoms with Crippen molar-refractivity contribution in [3.8, 4) is 0 Å². The van der Waals surface area contributed by atoms with Crippen molar-refractivity contribution in [2.75, 3.05) is 7.05 Å². The minimum Gasteiger partial charge on any atom is -0.313 e. The minimum atomic E-state index is 0.495. The van der Waals surface area contributed by atoms with Gasteiger partial charge in [-0.1, -0.05) is 32.4 Å². The van der Waals surface area contributed by atoms with Crippen molar-refractivity contribution in [2.45, 2.75) is 32.7 Å². The van der Waals surface area contributed by atoms with Gasteiger partial charge in [0.2, 0.25) is 0 Å². The Morgan fingerprint density at radius 1 is 1.40 bits per heavy atom. The molecule has 1 aromatic rings. The third kappa shape index (κ3) is 4.11. The van der Waals surface area contributed by atoms with Gasteiger partial charge in [0.05, 0.1) is 0 Å². The molecule has 1 rings (SSSR count). The van der Waals surface area contributed by atoms with Crippen LogP contribution < -0.4 is 5.32 Å². The third-order valence-electron chi connectivity index (χ3n) is 2.93. The normalized spacial score (nSPS) is 14.9. The Morgan fingerprint density at radius 2 is 2.13 bits per heavy atom. The molecule has 0 fully saturated rings. The molecule has 0 aliphatic rings. The first-order valence-corrected chi connectivity index (χ1v) is 6.68. The second kappa shape index (κ2) is 6.48. The molecule has 0 bridgehead atoms. The van der Waals surface area contributed by atoms with Gasteiger partial charge in [0.25, 0.3) is 0 Å². The van der Waals surface area contributed by atoms with Gasteiger partial charge in [0.1, 0.15) is 0 Å². The lowest BCUT2D eigenvalue weighted by Gasteiger charge is -2.20. The van der Waals surface area contributed by atoms with Crippen LogP contribution >= 0.6 is 22.6 Å². The SMILES string of the molecule is CCC(C)CC(NC)c1cccc(I)c1. The average molecular weight is 317 g/mol. The highest BCUT2D eigenvalue weighted by Gasteiger charge is 2.12. The zero-order chi connectivity index (χ0) is 11.3. The molecule has 84 valence electrons. The molecule has 0 radical (unpaired) electrons. The van der Waals surface area contributed by atoms with E-state index in [4.69, 9.17) is 0 Å². The van der Waals surface area contributed by atoms with Crippen molar-refractivity contribution in [1.82, 2.24) is 5.32 Å². The van der Waals surface area contributed by atoms with Crippen molar-refractivity contribution in [3.05, 3.63) is 33.4 Å². The van der Waals surface area contributed by atoms with E-state index in [1.54, 1.807) is 0 Å². The van der Waals surface area contributed by atoms with Crippen LogP contribution in [0.15, 0.2) is 24.3 Å². The molecule has 0 aliphatic carbocycles. The zero-order valence-electron chi connectivity index (χ0n) is 9.76. The molecule has 0 aliphatic heterocycles. The lowest BCUT2D eigenvalue weighted by atomic mass is 9.94. The number of benzene rings is 1. The molecule has 0 aromatic heterocycles. The molecule has 1 N–H and O–H groups in total. The van der Waals surface area contributed by atoms with E-state index in [1.165, 1.54) is 22.0 Å². The van der Waals surface area contributed by atoms with Gasteiger partial charge in [-0.25, -0.2) is 0 Å². The highest BCUT2D eigenvalue weighted by atomic mass is 127. The monoisotopic (exact) mass is 317 g/mol. The Hall–Kier alpha value is -0.0900. The summed E-state index contributed by atoms with van der Waals surface area (Å²) >= 11 is 2.37. The molecule has 15 heavy (non-hydrogen) atoms. The van der Waals surface area contributed by atoms with Gasteiger partial charge >= 0.3 is 0 Å². The third-order valence-corrected chi connectivity index (χ3v) is 3.61. The molecule has 0 saturated carbocycles. The van der Waals surface area contributed by atoms with E-state index in [9.17, 15) is 0 Å². The second-order valence-corrected chi connectivity index (χ2v) is 5.39. The van der Waals surface area contributed by atoms with Gasteiger partial charge in [-0.15, -0.1) is 0 Å². The highest BCUT2D eigenvalue weighted by Crippen LogP contribution is 2.23. The van der Waals surface area contributed by atoms with Gasteiger partial charge < -0.3 is 5.32 Å². The zero-order valence-corrected chi connectivity index (χ0v) is 11.9. The first-order valence-electron chi connectivity index (χ1n) is 5.60. The summed E-state index contributed by atoms with van der Waals surface area (Å²) in [4.78, 5) is 0. The van der Waals surface area contributed by atoms with Crippen LogP contribution in [0.5, 0.6) is 0 Å². The summed E-state index contributed by atoms with van der Waals surface area (Å²) in [6.07, 6.45) is 2.47. The first kappa shape index (κ1) is 13.0.